The molecule has 156 valence electrons. The lowest BCUT2D eigenvalue weighted by atomic mass is 9.52. The maximum Gasteiger partial charge on any atom is 0.355 e. The summed E-state index contributed by atoms with van der Waals surface area (Å²) in [5.74, 6) is 1.40. The molecule has 6 rings (SSSR count). The van der Waals surface area contributed by atoms with Crippen LogP contribution in [0.1, 0.15) is 55.4 Å². The van der Waals surface area contributed by atoms with E-state index in [1.54, 1.807) is 6.07 Å². The molecule has 0 spiro atoms. The van der Waals surface area contributed by atoms with Crippen molar-refractivity contribution in [3.05, 3.63) is 36.0 Å². The third-order valence-electron chi connectivity index (χ3n) is 7.40. The molecule has 6 heteroatoms. The number of ether oxygens (including phenoxy) is 1. The minimum atomic E-state index is -0.523. The number of benzene rings is 1. The number of hydrogen-bond donors (Lipinski definition) is 1. The van der Waals surface area contributed by atoms with E-state index < -0.39 is 5.97 Å². The minimum Gasteiger partial charge on any atom is -0.451 e. The first kappa shape index (κ1) is 19.2. The van der Waals surface area contributed by atoms with Crippen molar-refractivity contribution in [3.63, 3.8) is 0 Å². The number of nitrogens with zero attached hydrogens (tertiary/aromatic N) is 2. The van der Waals surface area contributed by atoms with Crippen LogP contribution in [-0.2, 0) is 9.53 Å². The zero-order valence-corrected chi connectivity index (χ0v) is 17.1. The fraction of sp³-hybridized carbons (Fsp3) is 0.542. The third kappa shape index (κ3) is 3.36. The number of hydrogen-bond acceptors (Lipinski definition) is 4. The average Bonchev–Trinajstić information content (AvgIpc) is 3.15. The number of H-pyrrole nitrogens is 1. The first-order valence-electron chi connectivity index (χ1n) is 11.0. The zero-order valence-electron chi connectivity index (χ0n) is 17.1. The monoisotopic (exact) mass is 405 g/mol. The van der Waals surface area contributed by atoms with E-state index in [-0.39, 0.29) is 18.1 Å². The number of amides is 1. The number of aromatic amines is 1. The molecule has 1 N–H and O–H groups in total. The lowest BCUT2D eigenvalue weighted by Crippen LogP contribution is -2.62. The Morgan fingerprint density at radius 2 is 1.80 bits per heavy atom. The molecule has 4 fully saturated rings. The molecule has 0 saturated heterocycles. The highest BCUT2D eigenvalue weighted by Gasteiger charge is 2.54. The van der Waals surface area contributed by atoms with Crippen LogP contribution >= 0.6 is 0 Å². The number of carbonyl (C=O) groups is 2. The van der Waals surface area contributed by atoms with E-state index >= 15 is 0 Å². The molecular weight excluding hydrogens is 378 g/mol. The molecule has 4 bridgehead atoms. The fourth-order valence-electron chi connectivity index (χ4n) is 6.65. The number of fused-ring (bicyclic) bond motifs is 1. The van der Waals surface area contributed by atoms with Crippen molar-refractivity contribution in [1.29, 1.82) is 5.26 Å². The standard InChI is InChI=1S/C24H27N3O3/c25-6-3-7-27(24-12-16-8-17(13-24)10-18(9-16)14-24)22(28)15-30-23(29)21-11-19-4-1-2-5-20(19)26-21/h1-2,4-5,11,16-18,26H,3,7-10,12-15H2. The number of aromatic nitrogens is 1. The quantitative estimate of drug-likeness (QED) is 0.735. The van der Waals surface area contributed by atoms with Gasteiger partial charge in [0.25, 0.3) is 5.91 Å². The fourth-order valence-corrected chi connectivity index (χ4v) is 6.65. The van der Waals surface area contributed by atoms with Crippen molar-refractivity contribution < 1.29 is 14.3 Å². The predicted octanol–water partition coefficient (Wildman–Crippen LogP) is 4.04. The van der Waals surface area contributed by atoms with Crippen molar-refractivity contribution in [2.24, 2.45) is 17.8 Å². The Labute approximate surface area is 176 Å². The first-order valence-corrected chi connectivity index (χ1v) is 11.0. The van der Waals surface area contributed by atoms with Gasteiger partial charge in [-0.15, -0.1) is 0 Å². The summed E-state index contributed by atoms with van der Waals surface area (Å²) < 4.78 is 5.40. The normalized spacial score (nSPS) is 29.0. The summed E-state index contributed by atoms with van der Waals surface area (Å²) in [6.07, 6.45) is 7.27. The van der Waals surface area contributed by atoms with Crippen molar-refractivity contribution in [2.75, 3.05) is 13.2 Å². The van der Waals surface area contributed by atoms with Gasteiger partial charge in [0, 0.05) is 23.0 Å². The second kappa shape index (κ2) is 7.46. The Kier molecular flexibility index (Phi) is 4.77. The van der Waals surface area contributed by atoms with Crippen LogP contribution in [0.15, 0.2) is 30.3 Å². The van der Waals surface area contributed by atoms with Crippen LogP contribution in [0.2, 0.25) is 0 Å². The second-order valence-electron chi connectivity index (χ2n) is 9.44. The van der Waals surface area contributed by atoms with Crippen LogP contribution < -0.4 is 0 Å². The molecule has 1 heterocycles. The maximum atomic E-state index is 13.2. The highest BCUT2D eigenvalue weighted by molar-refractivity contribution is 5.95. The molecule has 1 aromatic carbocycles. The Hall–Kier alpha value is -2.81. The summed E-state index contributed by atoms with van der Waals surface area (Å²) in [5, 5.41) is 10.1. The number of para-hydroxylation sites is 1. The maximum absolute atomic E-state index is 13.2. The topological polar surface area (TPSA) is 86.2 Å². The molecule has 0 atom stereocenters. The molecule has 30 heavy (non-hydrogen) atoms. The van der Waals surface area contributed by atoms with Crippen LogP contribution in [-0.4, -0.2) is 40.5 Å². The zero-order chi connectivity index (χ0) is 20.7. The van der Waals surface area contributed by atoms with Gasteiger partial charge in [-0.05, 0) is 68.4 Å². The van der Waals surface area contributed by atoms with Gasteiger partial charge in [-0.3, -0.25) is 4.79 Å². The largest absolute Gasteiger partial charge is 0.451 e. The van der Waals surface area contributed by atoms with E-state index in [0.29, 0.717) is 36.4 Å². The van der Waals surface area contributed by atoms with E-state index in [1.807, 2.05) is 29.2 Å². The average molecular weight is 405 g/mol. The summed E-state index contributed by atoms with van der Waals surface area (Å²) in [6.45, 7) is 0.146. The van der Waals surface area contributed by atoms with E-state index in [0.717, 1.165) is 30.2 Å². The van der Waals surface area contributed by atoms with Crippen molar-refractivity contribution in [2.45, 2.75) is 50.5 Å². The molecule has 4 aliphatic rings. The molecule has 0 radical (unpaired) electrons. The summed E-state index contributed by atoms with van der Waals surface area (Å²) >= 11 is 0. The molecule has 4 aliphatic carbocycles. The number of esters is 1. The second-order valence-corrected chi connectivity index (χ2v) is 9.44. The lowest BCUT2D eigenvalue weighted by molar-refractivity contribution is -0.153. The molecule has 1 aromatic heterocycles. The summed E-state index contributed by atoms with van der Waals surface area (Å²) in [7, 11) is 0. The van der Waals surface area contributed by atoms with Gasteiger partial charge in [0.1, 0.15) is 5.69 Å². The summed E-state index contributed by atoms with van der Waals surface area (Å²) in [4.78, 5) is 30.7. The van der Waals surface area contributed by atoms with Crippen LogP contribution in [0, 0.1) is 29.1 Å². The Bertz CT molecular complexity index is 950. The van der Waals surface area contributed by atoms with Gasteiger partial charge in [0.2, 0.25) is 0 Å². The summed E-state index contributed by atoms with van der Waals surface area (Å²) in [5.41, 5.74) is 1.07. The molecule has 2 aromatic rings. The van der Waals surface area contributed by atoms with E-state index in [1.165, 1.54) is 19.3 Å². The Morgan fingerprint density at radius 1 is 1.13 bits per heavy atom. The van der Waals surface area contributed by atoms with Crippen LogP contribution in [0.25, 0.3) is 10.9 Å². The van der Waals surface area contributed by atoms with Gasteiger partial charge in [0.15, 0.2) is 6.61 Å². The first-order chi connectivity index (χ1) is 14.6. The van der Waals surface area contributed by atoms with Gasteiger partial charge >= 0.3 is 5.97 Å². The lowest BCUT2D eigenvalue weighted by Gasteiger charge is -2.60. The number of nitriles is 1. The smallest absolute Gasteiger partial charge is 0.355 e. The molecule has 0 unspecified atom stereocenters. The van der Waals surface area contributed by atoms with Crippen molar-refractivity contribution in [3.8, 4) is 6.07 Å². The SMILES string of the molecule is N#CCCN(C(=O)COC(=O)c1cc2ccccc2[nH]1)C12CC3CC(CC(C3)C1)C2. The highest BCUT2D eigenvalue weighted by Crippen LogP contribution is 2.57. The number of rotatable bonds is 6. The van der Waals surface area contributed by atoms with Crippen LogP contribution in [0.4, 0.5) is 0 Å². The van der Waals surface area contributed by atoms with Gasteiger partial charge in [-0.1, -0.05) is 18.2 Å². The highest BCUT2D eigenvalue weighted by atomic mass is 16.5. The third-order valence-corrected chi connectivity index (χ3v) is 7.40. The molecule has 6 nitrogen and oxygen atoms in total. The molecular formula is C24H27N3O3. The molecule has 1 amide bonds. The van der Waals surface area contributed by atoms with Crippen LogP contribution in [0.3, 0.4) is 0 Å². The molecule has 0 aliphatic heterocycles. The van der Waals surface area contributed by atoms with Gasteiger partial charge in [-0.2, -0.15) is 5.26 Å². The van der Waals surface area contributed by atoms with Crippen LogP contribution in [0.5, 0.6) is 0 Å². The van der Waals surface area contributed by atoms with Crippen molar-refractivity contribution in [1.82, 2.24) is 9.88 Å². The Morgan fingerprint density at radius 3 is 2.43 bits per heavy atom. The Balaban J connectivity index is 1.30. The minimum absolute atomic E-state index is 0.143. The predicted molar refractivity (Wildman–Crippen MR) is 111 cm³/mol. The van der Waals surface area contributed by atoms with Gasteiger partial charge < -0.3 is 14.6 Å². The number of carbonyl (C=O) groups excluding carboxylic acids is 2. The summed E-state index contributed by atoms with van der Waals surface area (Å²) in [6, 6.07) is 11.6. The molecule has 4 saturated carbocycles. The van der Waals surface area contributed by atoms with E-state index in [2.05, 4.69) is 11.1 Å². The van der Waals surface area contributed by atoms with Gasteiger partial charge in [0.05, 0.1) is 12.5 Å². The van der Waals surface area contributed by atoms with Crippen molar-refractivity contribution >= 4 is 22.8 Å². The van der Waals surface area contributed by atoms with E-state index in [9.17, 15) is 9.59 Å². The number of nitrogens with one attached hydrogen (secondary N) is 1. The van der Waals surface area contributed by atoms with E-state index in [4.69, 9.17) is 10.00 Å². The van der Waals surface area contributed by atoms with Gasteiger partial charge in [-0.25, -0.2) is 4.79 Å².